The fourth-order valence-corrected chi connectivity index (χ4v) is 4.60. The van der Waals surface area contributed by atoms with E-state index in [-0.39, 0.29) is 17.4 Å². The maximum absolute atomic E-state index is 12.5. The Hall–Kier alpha value is -2.30. The zero-order valence-corrected chi connectivity index (χ0v) is 16.8. The average Bonchev–Trinajstić information content (AvgIpc) is 3.37. The minimum absolute atomic E-state index is 0.0344. The van der Waals surface area contributed by atoms with Gasteiger partial charge in [-0.05, 0) is 25.7 Å². The van der Waals surface area contributed by atoms with Crippen LogP contribution < -0.4 is 15.0 Å². The maximum atomic E-state index is 12.5. The number of anilines is 2. The topological polar surface area (TPSA) is 98.7 Å². The Morgan fingerprint density at radius 2 is 2.00 bits per heavy atom. The van der Waals surface area contributed by atoms with Crippen LogP contribution >= 0.6 is 11.3 Å². The van der Waals surface area contributed by atoms with Gasteiger partial charge >= 0.3 is 0 Å². The van der Waals surface area contributed by atoms with Gasteiger partial charge in [-0.15, -0.1) is 0 Å². The molecule has 1 amide bonds. The summed E-state index contributed by atoms with van der Waals surface area (Å²) in [4.78, 5) is 27.6. The zero-order chi connectivity index (χ0) is 19.7. The summed E-state index contributed by atoms with van der Waals surface area (Å²) in [6.45, 7) is 3.43. The van der Waals surface area contributed by atoms with Gasteiger partial charge in [-0.25, -0.2) is 15.0 Å². The van der Waals surface area contributed by atoms with Gasteiger partial charge in [-0.1, -0.05) is 11.3 Å². The normalized spacial score (nSPS) is 23.0. The first kappa shape index (κ1) is 18.7. The van der Waals surface area contributed by atoms with Gasteiger partial charge in [0.05, 0.1) is 49.9 Å². The number of thiazole rings is 1. The van der Waals surface area contributed by atoms with Crippen LogP contribution in [0.4, 0.5) is 11.1 Å². The van der Waals surface area contributed by atoms with E-state index in [1.807, 2.05) is 0 Å². The van der Waals surface area contributed by atoms with Crippen molar-refractivity contribution in [3.63, 3.8) is 0 Å². The lowest BCUT2D eigenvalue weighted by molar-refractivity contribution is -0.119. The molecule has 9 nitrogen and oxygen atoms in total. The molecule has 5 rings (SSSR count). The molecule has 10 heteroatoms. The summed E-state index contributed by atoms with van der Waals surface area (Å²) in [7, 11) is 0. The highest BCUT2D eigenvalue weighted by Crippen LogP contribution is 2.45. The molecule has 2 aliphatic heterocycles. The van der Waals surface area contributed by atoms with E-state index in [4.69, 9.17) is 14.2 Å². The monoisotopic (exact) mass is 417 g/mol. The lowest BCUT2D eigenvalue weighted by Gasteiger charge is -2.37. The predicted molar refractivity (Wildman–Crippen MR) is 107 cm³/mol. The summed E-state index contributed by atoms with van der Waals surface area (Å²) in [5, 5.41) is 3.98. The molecule has 2 aromatic rings. The number of aromatic nitrogens is 3. The van der Waals surface area contributed by atoms with Gasteiger partial charge in [-0.2, -0.15) is 0 Å². The number of morpholine rings is 1. The van der Waals surface area contributed by atoms with Gasteiger partial charge in [0.1, 0.15) is 0 Å². The first-order chi connectivity index (χ1) is 14.2. The smallest absolute Gasteiger partial charge is 0.231 e. The van der Waals surface area contributed by atoms with E-state index in [0.29, 0.717) is 41.7 Å². The minimum atomic E-state index is -0.107. The van der Waals surface area contributed by atoms with Crippen LogP contribution in [0, 0.1) is 5.92 Å². The molecule has 2 saturated heterocycles. The van der Waals surface area contributed by atoms with Gasteiger partial charge in [0, 0.05) is 13.1 Å². The SMILES string of the molecule is O=C(Nc1ncc(Oc2cnc(N3CCOCC3)nc2)s1)C1COC2(CCC2)C1. The standard InChI is InChI=1S/C19H23N5O4S/c25-16(13-8-19(27-12-13)2-1-3-19)23-18-22-11-15(29-18)28-14-9-20-17(21-10-14)24-4-6-26-7-5-24/h9-11,13H,1-8,12H2,(H,22,23,25). The van der Waals surface area contributed by atoms with Crippen molar-refractivity contribution in [1.82, 2.24) is 15.0 Å². The van der Waals surface area contributed by atoms with Crippen LogP contribution in [0.15, 0.2) is 18.6 Å². The highest BCUT2D eigenvalue weighted by atomic mass is 32.1. The van der Waals surface area contributed by atoms with E-state index in [0.717, 1.165) is 32.4 Å². The van der Waals surface area contributed by atoms with Crippen molar-refractivity contribution in [2.75, 3.05) is 43.1 Å². The fourth-order valence-electron chi connectivity index (χ4n) is 3.91. The Morgan fingerprint density at radius 1 is 1.21 bits per heavy atom. The Balaban J connectivity index is 1.15. The molecule has 0 bridgehead atoms. The summed E-state index contributed by atoms with van der Waals surface area (Å²) in [6, 6.07) is 0. The molecule has 1 atom stereocenters. The molecule has 3 fully saturated rings. The van der Waals surface area contributed by atoms with Gasteiger partial charge in [0.2, 0.25) is 16.9 Å². The Bertz CT molecular complexity index is 864. The van der Waals surface area contributed by atoms with Crippen molar-refractivity contribution >= 4 is 28.3 Å². The number of amides is 1. The second-order valence-electron chi connectivity index (χ2n) is 7.64. The van der Waals surface area contributed by atoms with Crippen LogP contribution in [0.5, 0.6) is 10.8 Å². The van der Waals surface area contributed by atoms with Gasteiger partial charge in [-0.3, -0.25) is 4.79 Å². The van der Waals surface area contributed by atoms with E-state index in [2.05, 4.69) is 25.2 Å². The van der Waals surface area contributed by atoms with Crippen molar-refractivity contribution in [3.05, 3.63) is 18.6 Å². The van der Waals surface area contributed by atoms with E-state index in [9.17, 15) is 4.79 Å². The van der Waals surface area contributed by atoms with Crippen molar-refractivity contribution in [3.8, 4) is 10.8 Å². The Labute approximate surface area is 172 Å². The molecule has 29 heavy (non-hydrogen) atoms. The molecule has 1 spiro atoms. The minimum Gasteiger partial charge on any atom is -0.442 e. The molecule has 4 heterocycles. The zero-order valence-electron chi connectivity index (χ0n) is 16.0. The Kier molecular flexibility index (Phi) is 5.06. The molecule has 3 aliphatic rings. The molecule has 2 aromatic heterocycles. The second-order valence-corrected chi connectivity index (χ2v) is 8.64. The van der Waals surface area contributed by atoms with E-state index in [1.54, 1.807) is 18.6 Å². The number of carbonyl (C=O) groups is 1. The van der Waals surface area contributed by atoms with E-state index < -0.39 is 0 Å². The number of hydrogen-bond donors (Lipinski definition) is 1. The van der Waals surface area contributed by atoms with Crippen LogP contribution in [-0.2, 0) is 14.3 Å². The maximum Gasteiger partial charge on any atom is 0.231 e. The van der Waals surface area contributed by atoms with Crippen molar-refractivity contribution in [2.24, 2.45) is 5.92 Å². The van der Waals surface area contributed by atoms with Gasteiger partial charge in [0.15, 0.2) is 10.9 Å². The first-order valence-electron chi connectivity index (χ1n) is 9.92. The summed E-state index contributed by atoms with van der Waals surface area (Å²) < 4.78 is 17.0. The number of rotatable bonds is 5. The quantitative estimate of drug-likeness (QED) is 0.792. The predicted octanol–water partition coefficient (Wildman–Crippen LogP) is 2.46. The summed E-state index contributed by atoms with van der Waals surface area (Å²) >= 11 is 1.28. The van der Waals surface area contributed by atoms with Crippen molar-refractivity contribution in [1.29, 1.82) is 0 Å². The number of nitrogens with one attached hydrogen (secondary N) is 1. The third-order valence-corrected chi connectivity index (χ3v) is 6.48. The highest BCUT2D eigenvalue weighted by Gasteiger charge is 2.47. The molecule has 1 unspecified atom stereocenters. The third-order valence-electron chi connectivity index (χ3n) is 5.69. The molecule has 0 radical (unpaired) electrons. The number of carbonyl (C=O) groups excluding carboxylic acids is 1. The summed E-state index contributed by atoms with van der Waals surface area (Å²) in [5.41, 5.74) is -0.0352. The second kappa shape index (κ2) is 7.85. The highest BCUT2D eigenvalue weighted by molar-refractivity contribution is 7.17. The van der Waals surface area contributed by atoms with Crippen LogP contribution in [0.25, 0.3) is 0 Å². The fraction of sp³-hybridized carbons (Fsp3) is 0.579. The molecule has 1 saturated carbocycles. The van der Waals surface area contributed by atoms with Crippen molar-refractivity contribution in [2.45, 2.75) is 31.3 Å². The number of ether oxygens (including phenoxy) is 3. The molecule has 1 N–H and O–H groups in total. The summed E-state index contributed by atoms with van der Waals surface area (Å²) in [6.07, 6.45) is 9.01. The van der Waals surface area contributed by atoms with Crippen LogP contribution in [0.2, 0.25) is 0 Å². The molecule has 154 valence electrons. The van der Waals surface area contributed by atoms with Crippen molar-refractivity contribution < 1.29 is 19.0 Å². The molecular weight excluding hydrogens is 394 g/mol. The molecular formula is C19H23N5O4S. The van der Waals surface area contributed by atoms with Crippen LogP contribution in [-0.4, -0.2) is 59.4 Å². The number of nitrogens with zero attached hydrogens (tertiary/aromatic N) is 4. The average molecular weight is 417 g/mol. The van der Waals surface area contributed by atoms with Crippen LogP contribution in [0.1, 0.15) is 25.7 Å². The van der Waals surface area contributed by atoms with Gasteiger partial charge in [0.25, 0.3) is 0 Å². The van der Waals surface area contributed by atoms with Gasteiger partial charge < -0.3 is 24.4 Å². The lowest BCUT2D eigenvalue weighted by atomic mass is 9.76. The van der Waals surface area contributed by atoms with E-state index >= 15 is 0 Å². The largest absolute Gasteiger partial charge is 0.442 e. The first-order valence-corrected chi connectivity index (χ1v) is 10.7. The summed E-state index contributed by atoms with van der Waals surface area (Å²) in [5.74, 6) is 1.05. The van der Waals surface area contributed by atoms with Crippen LogP contribution in [0.3, 0.4) is 0 Å². The number of hydrogen-bond acceptors (Lipinski definition) is 9. The lowest BCUT2D eigenvalue weighted by Crippen LogP contribution is -2.37. The molecule has 0 aromatic carbocycles. The Morgan fingerprint density at radius 3 is 2.69 bits per heavy atom. The third kappa shape index (κ3) is 4.05. The molecule has 1 aliphatic carbocycles. The van der Waals surface area contributed by atoms with E-state index in [1.165, 1.54) is 17.8 Å².